The van der Waals surface area contributed by atoms with E-state index in [4.69, 9.17) is 14.7 Å². The fourth-order valence-corrected chi connectivity index (χ4v) is 7.78. The van der Waals surface area contributed by atoms with Crippen LogP contribution in [0.1, 0.15) is 87.8 Å². The van der Waals surface area contributed by atoms with Crippen LogP contribution in [0.25, 0.3) is 33.6 Å². The number of pyridine rings is 1. The van der Waals surface area contributed by atoms with E-state index < -0.39 is 5.41 Å². The number of rotatable bonds is 3. The van der Waals surface area contributed by atoms with Crippen LogP contribution in [-0.4, -0.2) is 68.6 Å². The standard InChI is InChI=1S/C36H47N7O3/c1-22-26-13-12-23-18-29(43(32(23)39-26)16-9-7-6-8-14-36(2,3)35(45)38-22)33-40-27-17-25(19-30(46-5)31(27)41(33)4)34(44)42-20-24-11-10-15-37-28(24)21-42/h12-13,17-19,22,24,28,37H,6-11,14-16,20-21H2,1-5H3,(H,38,45)/t22-,24-,28+/m1/s1. The van der Waals surface area contributed by atoms with Crippen molar-refractivity contribution in [2.45, 2.75) is 84.3 Å². The molecule has 2 amide bonds. The summed E-state index contributed by atoms with van der Waals surface area (Å²) in [4.78, 5) is 39.2. The Balaban J connectivity index is 1.28. The molecule has 4 aromatic rings. The third-order valence-corrected chi connectivity index (χ3v) is 10.6. The highest BCUT2D eigenvalue weighted by Crippen LogP contribution is 2.36. The molecule has 7 rings (SSSR count). The van der Waals surface area contributed by atoms with Gasteiger partial charge in [0.25, 0.3) is 5.91 Å². The number of benzene rings is 1. The summed E-state index contributed by atoms with van der Waals surface area (Å²) in [6, 6.07) is 10.2. The number of nitrogens with zero attached hydrogens (tertiary/aromatic N) is 5. The molecule has 0 aliphatic carbocycles. The van der Waals surface area contributed by atoms with Gasteiger partial charge in [0, 0.05) is 49.1 Å². The van der Waals surface area contributed by atoms with Crippen molar-refractivity contribution >= 4 is 33.9 Å². The van der Waals surface area contributed by atoms with Gasteiger partial charge in [0.15, 0.2) is 5.82 Å². The molecule has 3 aliphatic heterocycles. The first kappa shape index (κ1) is 30.7. The summed E-state index contributed by atoms with van der Waals surface area (Å²) in [5.41, 5.74) is 4.51. The van der Waals surface area contributed by atoms with Crippen LogP contribution < -0.4 is 15.4 Å². The number of methoxy groups -OCH3 is 1. The van der Waals surface area contributed by atoms with Crippen LogP contribution in [-0.2, 0) is 18.4 Å². The van der Waals surface area contributed by atoms with E-state index in [2.05, 4.69) is 31.9 Å². The Hall–Kier alpha value is -3.92. The van der Waals surface area contributed by atoms with Gasteiger partial charge in [0.1, 0.15) is 16.9 Å². The van der Waals surface area contributed by atoms with Crippen molar-refractivity contribution < 1.29 is 14.3 Å². The highest BCUT2D eigenvalue weighted by Gasteiger charge is 2.37. The van der Waals surface area contributed by atoms with E-state index >= 15 is 0 Å². The molecule has 10 nitrogen and oxygen atoms in total. The smallest absolute Gasteiger partial charge is 0.254 e. The molecular formula is C36H47N7O3. The summed E-state index contributed by atoms with van der Waals surface area (Å²) in [6.45, 7) is 9.46. The maximum atomic E-state index is 13.8. The largest absolute Gasteiger partial charge is 0.494 e. The Labute approximate surface area is 270 Å². The Bertz CT molecular complexity index is 1790. The first-order valence-electron chi connectivity index (χ1n) is 17.0. The van der Waals surface area contributed by atoms with E-state index in [9.17, 15) is 9.59 Å². The van der Waals surface area contributed by atoms with E-state index in [1.54, 1.807) is 7.11 Å². The SMILES string of the molecule is COc1cc(C(=O)N2C[C@H]3CCCN[C@H]3C2)cc2nc(-c3cc4ccc5nc4n3CCCCCCC(C)(C)C(=O)N[C@@H]5C)n(C)c12. The van der Waals surface area contributed by atoms with E-state index in [0.29, 0.717) is 23.3 Å². The molecular weight excluding hydrogens is 578 g/mol. The van der Waals surface area contributed by atoms with Crippen molar-refractivity contribution in [1.29, 1.82) is 0 Å². The summed E-state index contributed by atoms with van der Waals surface area (Å²) >= 11 is 0. The number of nitrogens with one attached hydrogen (secondary N) is 2. The summed E-state index contributed by atoms with van der Waals surface area (Å²) in [5.74, 6) is 2.07. The number of aromatic nitrogens is 4. The van der Waals surface area contributed by atoms with Gasteiger partial charge >= 0.3 is 0 Å². The predicted molar refractivity (Wildman–Crippen MR) is 180 cm³/mol. The van der Waals surface area contributed by atoms with Crippen molar-refractivity contribution in [3.8, 4) is 17.3 Å². The van der Waals surface area contributed by atoms with Crippen LogP contribution in [0.4, 0.5) is 0 Å². The molecule has 2 fully saturated rings. The van der Waals surface area contributed by atoms with E-state index in [1.807, 2.05) is 50.9 Å². The lowest BCUT2D eigenvalue weighted by Gasteiger charge is -2.26. The average molecular weight is 626 g/mol. The minimum absolute atomic E-state index is 0.0344. The number of hydrogen-bond acceptors (Lipinski definition) is 6. The molecule has 0 unspecified atom stereocenters. The first-order chi connectivity index (χ1) is 22.1. The lowest BCUT2D eigenvalue weighted by molar-refractivity contribution is -0.130. The fourth-order valence-electron chi connectivity index (χ4n) is 7.78. The van der Waals surface area contributed by atoms with Crippen LogP contribution in [0, 0.1) is 11.3 Å². The predicted octanol–water partition coefficient (Wildman–Crippen LogP) is 5.59. The zero-order valence-corrected chi connectivity index (χ0v) is 27.9. The van der Waals surface area contributed by atoms with Gasteiger partial charge in [0.05, 0.1) is 30.1 Å². The van der Waals surface area contributed by atoms with Crippen LogP contribution in [0.5, 0.6) is 5.75 Å². The number of carbonyl (C=O) groups excluding carboxylic acids is 2. The van der Waals surface area contributed by atoms with Gasteiger partial charge in [-0.05, 0) is 75.4 Å². The normalized spacial score (nSPS) is 23.8. The van der Waals surface area contributed by atoms with Gasteiger partial charge in [-0.2, -0.15) is 0 Å². The molecule has 10 heteroatoms. The lowest BCUT2D eigenvalue weighted by atomic mass is 9.85. The summed E-state index contributed by atoms with van der Waals surface area (Å²) in [7, 11) is 3.67. The molecule has 3 atom stereocenters. The summed E-state index contributed by atoms with van der Waals surface area (Å²) < 4.78 is 10.2. The van der Waals surface area contributed by atoms with Gasteiger partial charge in [-0.1, -0.05) is 33.1 Å². The van der Waals surface area contributed by atoms with E-state index in [-0.39, 0.29) is 17.9 Å². The van der Waals surface area contributed by atoms with Gasteiger partial charge < -0.3 is 29.4 Å². The third-order valence-electron chi connectivity index (χ3n) is 10.6. The Morgan fingerprint density at radius 2 is 1.87 bits per heavy atom. The van der Waals surface area contributed by atoms with Gasteiger partial charge in [-0.3, -0.25) is 9.59 Å². The molecule has 0 radical (unpaired) electrons. The second kappa shape index (κ2) is 12.0. The number of aryl methyl sites for hydroxylation is 2. The fraction of sp³-hybridized carbons (Fsp3) is 0.556. The highest BCUT2D eigenvalue weighted by molar-refractivity contribution is 6.00. The highest BCUT2D eigenvalue weighted by atomic mass is 16.5. The van der Waals surface area contributed by atoms with Crippen molar-refractivity contribution in [3.05, 3.63) is 41.6 Å². The number of piperidine rings is 1. The molecule has 0 saturated carbocycles. The van der Waals surface area contributed by atoms with Gasteiger partial charge in [-0.15, -0.1) is 0 Å². The van der Waals surface area contributed by atoms with Crippen LogP contribution >= 0.6 is 0 Å². The van der Waals surface area contributed by atoms with Crippen molar-refractivity contribution in [2.75, 3.05) is 26.7 Å². The lowest BCUT2D eigenvalue weighted by Crippen LogP contribution is -2.41. The summed E-state index contributed by atoms with van der Waals surface area (Å²) in [6.07, 6.45) is 7.37. The Morgan fingerprint density at radius 3 is 2.67 bits per heavy atom. The molecule has 2 bridgehead atoms. The number of ether oxygens (including phenoxy) is 1. The molecule has 46 heavy (non-hydrogen) atoms. The van der Waals surface area contributed by atoms with Crippen molar-refractivity contribution in [2.24, 2.45) is 18.4 Å². The second-order valence-corrected chi connectivity index (χ2v) is 14.3. The molecule has 244 valence electrons. The van der Waals surface area contributed by atoms with Crippen LogP contribution in [0.2, 0.25) is 0 Å². The molecule has 3 aliphatic rings. The number of amides is 2. The zero-order valence-electron chi connectivity index (χ0n) is 27.9. The Morgan fingerprint density at radius 1 is 1.04 bits per heavy atom. The maximum absolute atomic E-state index is 13.8. The first-order valence-corrected chi connectivity index (χ1v) is 17.0. The molecule has 1 aromatic carbocycles. The Kier molecular flexibility index (Phi) is 8.03. The minimum Gasteiger partial charge on any atom is -0.494 e. The van der Waals surface area contributed by atoms with Gasteiger partial charge in [0.2, 0.25) is 5.91 Å². The molecule has 3 aromatic heterocycles. The quantitative estimate of drug-likeness (QED) is 0.308. The van der Waals surface area contributed by atoms with Crippen LogP contribution in [0.15, 0.2) is 30.3 Å². The van der Waals surface area contributed by atoms with Crippen molar-refractivity contribution in [1.82, 2.24) is 34.6 Å². The number of imidazole rings is 1. The number of carbonyl (C=O) groups is 2. The molecule has 2 saturated heterocycles. The minimum atomic E-state index is -0.411. The topological polar surface area (TPSA) is 106 Å². The van der Waals surface area contributed by atoms with Crippen molar-refractivity contribution in [3.63, 3.8) is 0 Å². The second-order valence-electron chi connectivity index (χ2n) is 14.3. The monoisotopic (exact) mass is 625 g/mol. The number of fused-ring (bicyclic) bond motifs is 3. The maximum Gasteiger partial charge on any atom is 0.254 e. The molecule has 6 heterocycles. The average Bonchev–Trinajstić information content (AvgIpc) is 3.74. The zero-order chi connectivity index (χ0) is 32.2. The van der Waals surface area contributed by atoms with Gasteiger partial charge in [-0.25, -0.2) is 9.97 Å². The number of likely N-dealkylation sites (tertiary alicyclic amines) is 1. The van der Waals surface area contributed by atoms with E-state index in [1.165, 1.54) is 12.8 Å². The third kappa shape index (κ3) is 5.44. The molecule has 2 N–H and O–H groups in total. The number of hydrogen-bond donors (Lipinski definition) is 2. The van der Waals surface area contributed by atoms with Crippen LogP contribution in [0.3, 0.4) is 0 Å². The molecule has 0 spiro atoms. The van der Waals surface area contributed by atoms with E-state index in [0.717, 1.165) is 97.6 Å². The summed E-state index contributed by atoms with van der Waals surface area (Å²) in [5, 5.41) is 7.85.